The van der Waals surface area contributed by atoms with E-state index < -0.39 is 0 Å². The minimum Gasteiger partial charge on any atom is -0.474 e. The molecule has 0 aromatic heterocycles. The van der Waals surface area contributed by atoms with Crippen LogP contribution in [-0.4, -0.2) is 23.4 Å². The third kappa shape index (κ3) is 101. The van der Waals surface area contributed by atoms with Gasteiger partial charge in [-0.15, -0.1) is 6.58 Å². The van der Waals surface area contributed by atoms with Gasteiger partial charge in [-0.2, -0.15) is 0 Å². The van der Waals surface area contributed by atoms with Crippen LogP contribution in [0.3, 0.4) is 0 Å². The molecule has 0 spiro atoms. The van der Waals surface area contributed by atoms with E-state index >= 15 is 0 Å². The maximum atomic E-state index is 7.62. The number of aliphatic hydroxyl groups excluding tert-OH is 2. The molecule has 0 saturated heterocycles. The topological polar surface area (TPSA) is 49.7 Å². The smallest absolute Gasteiger partial charge is 0.0829 e. The van der Waals surface area contributed by atoms with Crippen LogP contribution in [0, 0.1) is 0 Å². The molecule has 0 unspecified atom stereocenters. The van der Waals surface area contributed by atoms with Gasteiger partial charge in [-0.05, 0) is 6.42 Å². The van der Waals surface area contributed by atoms with E-state index in [9.17, 15) is 0 Å². The van der Waals surface area contributed by atoms with Gasteiger partial charge in [0, 0.05) is 0 Å². The van der Waals surface area contributed by atoms with Gasteiger partial charge in [0.25, 0.3) is 0 Å². The van der Waals surface area contributed by atoms with Gasteiger partial charge < -0.3 is 14.9 Å². The highest BCUT2D eigenvalue weighted by molar-refractivity contribution is 4.60. The predicted octanol–water partition coefficient (Wildman–Crippen LogP) is 1.84. The molecule has 0 aliphatic heterocycles. The van der Waals surface area contributed by atoms with E-state index in [1.807, 2.05) is 6.08 Å². The van der Waals surface area contributed by atoms with Gasteiger partial charge in [0.15, 0.2) is 0 Å². The molecule has 3 nitrogen and oxygen atoms in total. The lowest BCUT2D eigenvalue weighted by Crippen LogP contribution is -1.85. The summed E-state index contributed by atoms with van der Waals surface area (Å²) in [6.07, 6.45) is 5.58. The van der Waals surface area contributed by atoms with Crippen LogP contribution in [0.25, 0.3) is 0 Å². The third-order valence-corrected chi connectivity index (χ3v) is 0.581. The lowest BCUT2D eigenvalue weighted by Gasteiger charge is -1.76. The van der Waals surface area contributed by atoms with E-state index in [0.29, 0.717) is 0 Å². The average Bonchev–Trinajstić information content (AvgIpc) is 2.20. The second-order valence-corrected chi connectivity index (χ2v) is 1.61. The molecule has 0 aromatic carbocycles. The predicted molar refractivity (Wildman–Crippen MR) is 56.1 cm³/mol. The molecule has 0 radical (unpaired) electrons. The van der Waals surface area contributed by atoms with Crippen LogP contribution < -0.4 is 0 Å². The standard InChI is InChI=1S/C4H6O.C4H8.C2H6O2/c1-3-5-4-2;1-3-4-2;3-1-2-4/h3-4H,1-2H2;3H,1,4H2,2H3;3-4H,1-2H2. The molecule has 78 valence electrons. The Bertz CT molecular complexity index is 92.3. The van der Waals surface area contributed by atoms with E-state index in [0.717, 1.165) is 6.42 Å². The molecule has 0 rings (SSSR count). The Balaban J connectivity index is -0.000000117. The number of hydrogen-bond donors (Lipinski definition) is 2. The molecule has 0 heterocycles. The second kappa shape index (κ2) is 30.6. The molecule has 3 heteroatoms. The lowest BCUT2D eigenvalue weighted by atomic mass is 10.5. The van der Waals surface area contributed by atoms with Crippen molar-refractivity contribution in [2.45, 2.75) is 13.3 Å². The first kappa shape index (κ1) is 17.9. The molecule has 0 atom stereocenters. The van der Waals surface area contributed by atoms with Crippen molar-refractivity contribution < 1.29 is 14.9 Å². The minimum atomic E-state index is -0.125. The Morgan fingerprint density at radius 3 is 1.38 bits per heavy atom. The summed E-state index contributed by atoms with van der Waals surface area (Å²) in [6, 6.07) is 0. The van der Waals surface area contributed by atoms with Gasteiger partial charge in [-0.1, -0.05) is 26.2 Å². The number of allylic oxidation sites excluding steroid dienone is 1. The van der Waals surface area contributed by atoms with E-state index in [1.54, 1.807) is 0 Å². The van der Waals surface area contributed by atoms with Crippen molar-refractivity contribution in [3.05, 3.63) is 38.3 Å². The Kier molecular flexibility index (Phi) is 42.1. The minimum absolute atomic E-state index is 0.125. The lowest BCUT2D eigenvalue weighted by molar-refractivity contribution is 0.186. The van der Waals surface area contributed by atoms with Crippen LogP contribution in [0.1, 0.15) is 13.3 Å². The van der Waals surface area contributed by atoms with Gasteiger partial charge in [-0.25, -0.2) is 0 Å². The molecule has 13 heavy (non-hydrogen) atoms. The maximum absolute atomic E-state index is 7.62. The van der Waals surface area contributed by atoms with E-state index in [1.165, 1.54) is 12.5 Å². The fraction of sp³-hybridized carbons (Fsp3) is 0.400. The molecule has 0 aromatic rings. The normalized spacial score (nSPS) is 6.38. The second-order valence-electron chi connectivity index (χ2n) is 1.61. The van der Waals surface area contributed by atoms with Gasteiger partial charge in [-0.3, -0.25) is 0 Å². The van der Waals surface area contributed by atoms with Crippen LogP contribution in [0.2, 0.25) is 0 Å². The van der Waals surface area contributed by atoms with Crippen LogP contribution in [-0.2, 0) is 4.74 Å². The van der Waals surface area contributed by atoms with Crippen molar-refractivity contribution in [3.8, 4) is 0 Å². The first-order chi connectivity index (χ1) is 6.24. The van der Waals surface area contributed by atoms with E-state index in [2.05, 4.69) is 31.4 Å². The molecule has 2 N–H and O–H groups in total. The number of rotatable bonds is 4. The van der Waals surface area contributed by atoms with Gasteiger partial charge >= 0.3 is 0 Å². The number of ether oxygens (including phenoxy) is 1. The van der Waals surface area contributed by atoms with Crippen molar-refractivity contribution >= 4 is 0 Å². The molecule has 0 aliphatic rings. The van der Waals surface area contributed by atoms with Crippen molar-refractivity contribution in [2.24, 2.45) is 0 Å². The number of hydrogen-bond acceptors (Lipinski definition) is 3. The SMILES string of the molecule is C=CCC.C=COC=C.OCCO. The van der Waals surface area contributed by atoms with Crippen LogP contribution in [0.15, 0.2) is 38.3 Å². The molecule has 0 amide bonds. The molecular weight excluding hydrogens is 168 g/mol. The summed E-state index contributed by atoms with van der Waals surface area (Å²) >= 11 is 0. The monoisotopic (exact) mass is 188 g/mol. The highest BCUT2D eigenvalue weighted by atomic mass is 16.5. The van der Waals surface area contributed by atoms with Crippen molar-refractivity contribution in [1.29, 1.82) is 0 Å². The summed E-state index contributed by atoms with van der Waals surface area (Å²) in [5.74, 6) is 0. The van der Waals surface area contributed by atoms with Crippen molar-refractivity contribution in [1.82, 2.24) is 0 Å². The first-order valence-electron chi connectivity index (χ1n) is 3.94. The summed E-state index contributed by atoms with van der Waals surface area (Å²) < 4.78 is 4.36. The van der Waals surface area contributed by atoms with Gasteiger partial charge in [0.05, 0.1) is 25.7 Å². The summed E-state index contributed by atoms with van der Waals surface area (Å²) in [5.41, 5.74) is 0. The van der Waals surface area contributed by atoms with Gasteiger partial charge in [0.1, 0.15) is 0 Å². The quantitative estimate of drug-likeness (QED) is 0.523. The molecular formula is C10H20O3. The Morgan fingerprint density at radius 1 is 1.08 bits per heavy atom. The zero-order valence-electron chi connectivity index (χ0n) is 8.28. The van der Waals surface area contributed by atoms with Crippen LogP contribution >= 0.6 is 0 Å². The summed E-state index contributed by atoms with van der Waals surface area (Å²) in [7, 11) is 0. The van der Waals surface area contributed by atoms with E-state index in [-0.39, 0.29) is 13.2 Å². The molecule has 0 aliphatic carbocycles. The van der Waals surface area contributed by atoms with Crippen LogP contribution in [0.4, 0.5) is 0 Å². The summed E-state index contributed by atoms with van der Waals surface area (Å²) in [6.45, 7) is 11.8. The highest BCUT2D eigenvalue weighted by Gasteiger charge is 1.58. The number of aliphatic hydroxyl groups is 2. The fourth-order valence-corrected chi connectivity index (χ4v) is 0.0680. The fourth-order valence-electron chi connectivity index (χ4n) is 0.0680. The van der Waals surface area contributed by atoms with E-state index in [4.69, 9.17) is 10.2 Å². The summed E-state index contributed by atoms with van der Waals surface area (Å²) in [5, 5.41) is 15.2. The molecule has 0 saturated carbocycles. The Labute approximate surface area is 80.7 Å². The first-order valence-corrected chi connectivity index (χ1v) is 3.94. The Hall–Kier alpha value is -1.06. The third-order valence-electron chi connectivity index (χ3n) is 0.581. The highest BCUT2D eigenvalue weighted by Crippen LogP contribution is 1.66. The van der Waals surface area contributed by atoms with Gasteiger partial charge in [0.2, 0.25) is 0 Å². The zero-order chi connectivity index (χ0) is 10.9. The average molecular weight is 188 g/mol. The summed E-state index contributed by atoms with van der Waals surface area (Å²) in [4.78, 5) is 0. The maximum Gasteiger partial charge on any atom is 0.0829 e. The van der Waals surface area contributed by atoms with Crippen molar-refractivity contribution in [2.75, 3.05) is 13.2 Å². The molecule has 0 fully saturated rings. The largest absolute Gasteiger partial charge is 0.474 e. The Morgan fingerprint density at radius 2 is 1.38 bits per heavy atom. The van der Waals surface area contributed by atoms with Crippen molar-refractivity contribution in [3.63, 3.8) is 0 Å². The zero-order valence-corrected chi connectivity index (χ0v) is 8.28. The molecule has 0 bridgehead atoms. The van der Waals surface area contributed by atoms with Crippen LogP contribution in [0.5, 0.6) is 0 Å².